The topological polar surface area (TPSA) is 18.5 Å². The fourth-order valence-electron chi connectivity index (χ4n) is 4.41. The van der Waals surface area contributed by atoms with Crippen LogP contribution in [0.25, 0.3) is 0 Å². The molecule has 0 aliphatic heterocycles. The molecule has 0 amide bonds. The molecule has 0 aromatic heterocycles. The third-order valence-electron chi connectivity index (χ3n) is 6.00. The van der Waals surface area contributed by atoms with Gasteiger partial charge in [0.2, 0.25) is 0 Å². The van der Waals surface area contributed by atoms with Crippen molar-refractivity contribution in [1.29, 1.82) is 0 Å². The molecule has 24 heavy (non-hydrogen) atoms. The molecule has 2 aliphatic rings. The smallest absolute Gasteiger partial charge is 0.323 e. The summed E-state index contributed by atoms with van der Waals surface area (Å²) in [4.78, 5) is 0. The van der Waals surface area contributed by atoms with E-state index in [4.69, 9.17) is 20.5 Å². The van der Waals surface area contributed by atoms with E-state index in [-0.39, 0.29) is 11.2 Å². The highest BCUT2D eigenvalue weighted by molar-refractivity contribution is 6.46. The Labute approximate surface area is 156 Å². The van der Waals surface area contributed by atoms with Gasteiger partial charge in [-0.05, 0) is 39.5 Å². The van der Waals surface area contributed by atoms with Crippen molar-refractivity contribution in [2.45, 2.75) is 121 Å². The van der Waals surface area contributed by atoms with Gasteiger partial charge < -0.3 is 8.85 Å². The van der Waals surface area contributed by atoms with Crippen LogP contribution in [-0.4, -0.2) is 26.4 Å². The Morgan fingerprint density at radius 2 is 1.00 bits per heavy atom. The Kier molecular flexibility index (Phi) is 9.11. The molecule has 0 saturated heterocycles. The first-order valence-corrected chi connectivity index (χ1v) is 12.8. The molecule has 0 radical (unpaired) electrons. The summed E-state index contributed by atoms with van der Waals surface area (Å²) in [5, 5.41) is 0. The van der Waals surface area contributed by atoms with E-state index in [0.29, 0.717) is 5.88 Å². The van der Waals surface area contributed by atoms with E-state index < -0.39 is 9.28 Å². The van der Waals surface area contributed by atoms with Crippen LogP contribution in [-0.2, 0) is 8.85 Å². The SMILES string of the molecule is CC1(O[SiH](CCCl)OC2(C)CCCCCCC2)CCCCCCC1. The van der Waals surface area contributed by atoms with Gasteiger partial charge in [0.05, 0.1) is 11.2 Å². The summed E-state index contributed by atoms with van der Waals surface area (Å²) in [6.45, 7) is 4.66. The molecular formula is C20H39ClO2Si. The van der Waals surface area contributed by atoms with Crippen LogP contribution in [0, 0.1) is 0 Å². The average molecular weight is 375 g/mol. The van der Waals surface area contributed by atoms with Crippen LogP contribution >= 0.6 is 11.6 Å². The van der Waals surface area contributed by atoms with E-state index in [0.717, 1.165) is 6.04 Å². The van der Waals surface area contributed by atoms with E-state index in [1.807, 2.05) is 0 Å². The van der Waals surface area contributed by atoms with E-state index in [1.54, 1.807) is 0 Å². The predicted octanol–water partition coefficient (Wildman–Crippen LogP) is 6.48. The van der Waals surface area contributed by atoms with Gasteiger partial charge in [-0.3, -0.25) is 0 Å². The highest BCUT2D eigenvalue weighted by Crippen LogP contribution is 2.34. The maximum Gasteiger partial charge on any atom is 0.323 e. The van der Waals surface area contributed by atoms with Crippen molar-refractivity contribution in [1.82, 2.24) is 0 Å². The van der Waals surface area contributed by atoms with Gasteiger partial charge in [0.1, 0.15) is 0 Å². The summed E-state index contributed by atoms with van der Waals surface area (Å²) >= 11 is 6.11. The molecule has 0 spiro atoms. The maximum atomic E-state index is 6.73. The van der Waals surface area contributed by atoms with Crippen LogP contribution in [0.1, 0.15) is 104 Å². The highest BCUT2D eigenvalue weighted by atomic mass is 35.5. The van der Waals surface area contributed by atoms with Crippen LogP contribution in [0.3, 0.4) is 0 Å². The third kappa shape index (κ3) is 7.35. The van der Waals surface area contributed by atoms with Crippen LogP contribution in [0.15, 0.2) is 0 Å². The molecule has 2 rings (SSSR count). The van der Waals surface area contributed by atoms with E-state index >= 15 is 0 Å². The zero-order valence-electron chi connectivity index (χ0n) is 16.1. The lowest BCUT2D eigenvalue weighted by atomic mass is 9.89. The lowest BCUT2D eigenvalue weighted by Gasteiger charge is -2.40. The standard InChI is InChI=1S/C20H39ClO2Si/c1-19(13-9-5-3-6-10-14-19)22-24(18-17-21)23-20(2)15-11-7-4-8-12-16-20/h24H,3-18H2,1-2H3. The van der Waals surface area contributed by atoms with Crippen LogP contribution in [0.4, 0.5) is 0 Å². The predicted molar refractivity (Wildman–Crippen MR) is 106 cm³/mol. The van der Waals surface area contributed by atoms with Crippen molar-refractivity contribution in [2.24, 2.45) is 0 Å². The molecule has 0 bridgehead atoms. The van der Waals surface area contributed by atoms with Crippen molar-refractivity contribution in [2.75, 3.05) is 5.88 Å². The lowest BCUT2D eigenvalue weighted by Crippen LogP contribution is -2.44. The molecule has 0 atom stereocenters. The Bertz CT molecular complexity index is 305. The van der Waals surface area contributed by atoms with Crippen molar-refractivity contribution < 1.29 is 8.85 Å². The zero-order valence-corrected chi connectivity index (χ0v) is 18.0. The van der Waals surface area contributed by atoms with Crippen LogP contribution in [0.5, 0.6) is 0 Å². The third-order valence-corrected chi connectivity index (χ3v) is 9.01. The first-order chi connectivity index (χ1) is 11.6. The minimum Gasteiger partial charge on any atom is -0.391 e. The van der Waals surface area contributed by atoms with Gasteiger partial charge in [-0.25, -0.2) is 0 Å². The highest BCUT2D eigenvalue weighted by Gasteiger charge is 2.35. The minimum absolute atomic E-state index is 0.0291. The molecule has 0 aromatic carbocycles. The average Bonchev–Trinajstić information content (AvgIpc) is 2.48. The second kappa shape index (κ2) is 10.5. The van der Waals surface area contributed by atoms with Gasteiger partial charge in [-0.2, -0.15) is 0 Å². The quantitative estimate of drug-likeness (QED) is 0.391. The van der Waals surface area contributed by atoms with Gasteiger partial charge in [0.15, 0.2) is 0 Å². The number of hydrogen-bond acceptors (Lipinski definition) is 2. The molecule has 0 unspecified atom stereocenters. The second-order valence-corrected chi connectivity index (χ2v) is 10.9. The number of alkyl halides is 1. The minimum atomic E-state index is -1.72. The summed E-state index contributed by atoms with van der Waals surface area (Å²) in [5.74, 6) is 0.670. The second-order valence-electron chi connectivity index (χ2n) is 8.58. The Hall–Kier alpha value is 0.427. The molecule has 0 aromatic rings. The largest absolute Gasteiger partial charge is 0.391 e. The molecule has 142 valence electrons. The summed E-state index contributed by atoms with van der Waals surface area (Å²) in [6.07, 6.45) is 18.2. The van der Waals surface area contributed by atoms with Crippen molar-refractivity contribution >= 4 is 20.9 Å². The van der Waals surface area contributed by atoms with Gasteiger partial charge in [-0.1, -0.05) is 64.2 Å². The van der Waals surface area contributed by atoms with Crippen LogP contribution < -0.4 is 0 Å². The fraction of sp³-hybridized carbons (Fsp3) is 1.00. The van der Waals surface area contributed by atoms with E-state index in [1.165, 1.54) is 89.9 Å². The lowest BCUT2D eigenvalue weighted by molar-refractivity contribution is -0.0206. The normalized spacial score (nSPS) is 25.5. The first-order valence-electron chi connectivity index (χ1n) is 10.5. The van der Waals surface area contributed by atoms with Gasteiger partial charge in [0, 0.05) is 11.9 Å². The Morgan fingerprint density at radius 3 is 1.33 bits per heavy atom. The molecule has 2 nitrogen and oxygen atoms in total. The van der Waals surface area contributed by atoms with Crippen molar-refractivity contribution in [3.8, 4) is 0 Å². The van der Waals surface area contributed by atoms with Crippen molar-refractivity contribution in [3.63, 3.8) is 0 Å². The molecular weight excluding hydrogens is 336 g/mol. The Balaban J connectivity index is 1.95. The van der Waals surface area contributed by atoms with E-state index in [9.17, 15) is 0 Å². The molecule has 0 heterocycles. The summed E-state index contributed by atoms with van der Waals surface area (Å²) in [5.41, 5.74) is 0.0582. The zero-order chi connectivity index (χ0) is 17.3. The molecule has 0 N–H and O–H groups in total. The van der Waals surface area contributed by atoms with Gasteiger partial charge in [0.25, 0.3) is 0 Å². The number of rotatable bonds is 6. The number of hydrogen-bond donors (Lipinski definition) is 0. The van der Waals surface area contributed by atoms with Gasteiger partial charge >= 0.3 is 9.28 Å². The first kappa shape index (κ1) is 20.7. The summed E-state index contributed by atoms with van der Waals surface area (Å²) in [7, 11) is -1.72. The van der Waals surface area contributed by atoms with Crippen LogP contribution in [0.2, 0.25) is 6.04 Å². The summed E-state index contributed by atoms with van der Waals surface area (Å²) in [6, 6.07) is 0.937. The molecule has 2 fully saturated rings. The van der Waals surface area contributed by atoms with Gasteiger partial charge in [-0.15, -0.1) is 11.6 Å². The molecule has 4 heteroatoms. The molecule has 2 saturated carbocycles. The summed E-state index contributed by atoms with van der Waals surface area (Å²) < 4.78 is 13.5. The Morgan fingerprint density at radius 1 is 0.667 bits per heavy atom. The molecule has 2 aliphatic carbocycles. The van der Waals surface area contributed by atoms with E-state index in [2.05, 4.69) is 13.8 Å². The fourth-order valence-corrected chi connectivity index (χ4v) is 7.15. The monoisotopic (exact) mass is 374 g/mol. The number of halogens is 1. The maximum absolute atomic E-state index is 6.73. The van der Waals surface area contributed by atoms with Crippen molar-refractivity contribution in [3.05, 3.63) is 0 Å².